The van der Waals surface area contributed by atoms with Crippen molar-refractivity contribution in [1.82, 2.24) is 14.6 Å². The normalized spacial score (nSPS) is 11.7. The molecule has 2 aromatic heterocycles. The second-order valence-corrected chi connectivity index (χ2v) is 6.46. The standard InChI is InChI=1S/C16H17ClFN5O/c1-16(2,24)9-20-13-8-14(22-23-6-5-19-15(13)23)21-12-4-3-10(18)7-11(12)17/h3-8,20,24H,9H2,1-2H3,(H,21,22). The number of rotatable bonds is 5. The van der Waals surface area contributed by atoms with Crippen molar-refractivity contribution in [3.05, 3.63) is 47.5 Å². The maximum Gasteiger partial charge on any atom is 0.177 e. The number of aliphatic hydroxyl groups is 1. The third kappa shape index (κ3) is 3.74. The lowest BCUT2D eigenvalue weighted by Crippen LogP contribution is -2.29. The molecule has 3 aromatic rings. The molecule has 0 fully saturated rings. The lowest BCUT2D eigenvalue weighted by molar-refractivity contribution is 0.0945. The first-order valence-corrected chi connectivity index (χ1v) is 7.72. The number of hydrogen-bond donors (Lipinski definition) is 3. The highest BCUT2D eigenvalue weighted by Gasteiger charge is 2.14. The summed E-state index contributed by atoms with van der Waals surface area (Å²) in [6, 6.07) is 5.85. The van der Waals surface area contributed by atoms with Crippen LogP contribution in [0.4, 0.5) is 21.6 Å². The van der Waals surface area contributed by atoms with E-state index in [9.17, 15) is 9.50 Å². The molecule has 8 heteroatoms. The Hall–Kier alpha value is -2.38. The van der Waals surface area contributed by atoms with Crippen molar-refractivity contribution in [1.29, 1.82) is 0 Å². The average Bonchev–Trinajstić information content (AvgIpc) is 2.95. The summed E-state index contributed by atoms with van der Waals surface area (Å²) in [5.74, 6) is 0.100. The molecule has 0 aliphatic rings. The lowest BCUT2D eigenvalue weighted by atomic mass is 10.1. The quantitative estimate of drug-likeness (QED) is 0.658. The van der Waals surface area contributed by atoms with Gasteiger partial charge in [0.05, 0.1) is 22.0 Å². The molecule has 0 saturated heterocycles. The zero-order chi connectivity index (χ0) is 17.3. The molecule has 3 rings (SSSR count). The van der Waals surface area contributed by atoms with Crippen LogP contribution in [0, 0.1) is 5.82 Å². The molecule has 0 saturated carbocycles. The summed E-state index contributed by atoms with van der Waals surface area (Å²) in [5, 5.41) is 20.8. The van der Waals surface area contributed by atoms with E-state index in [0.717, 1.165) is 0 Å². The Labute approximate surface area is 143 Å². The molecule has 0 aliphatic carbocycles. The molecule has 0 unspecified atom stereocenters. The molecule has 126 valence electrons. The molecule has 24 heavy (non-hydrogen) atoms. The van der Waals surface area contributed by atoms with Crippen LogP contribution in [0.1, 0.15) is 13.8 Å². The highest BCUT2D eigenvalue weighted by molar-refractivity contribution is 6.33. The predicted octanol–water partition coefficient (Wildman–Crippen LogP) is 3.45. The van der Waals surface area contributed by atoms with Gasteiger partial charge >= 0.3 is 0 Å². The molecule has 1 aromatic carbocycles. The summed E-state index contributed by atoms with van der Waals surface area (Å²) in [6.45, 7) is 3.76. The molecular weight excluding hydrogens is 333 g/mol. The van der Waals surface area contributed by atoms with Gasteiger partial charge < -0.3 is 15.7 Å². The summed E-state index contributed by atoms with van der Waals surface area (Å²) in [6.07, 6.45) is 3.34. The van der Waals surface area contributed by atoms with Gasteiger partial charge in [0.1, 0.15) is 5.82 Å². The first kappa shape index (κ1) is 16.5. The van der Waals surface area contributed by atoms with Crippen LogP contribution in [0.5, 0.6) is 0 Å². The van der Waals surface area contributed by atoms with Crippen molar-refractivity contribution >= 4 is 34.4 Å². The monoisotopic (exact) mass is 349 g/mol. The highest BCUT2D eigenvalue weighted by atomic mass is 35.5. The number of imidazole rings is 1. The number of hydrogen-bond acceptors (Lipinski definition) is 5. The third-order valence-electron chi connectivity index (χ3n) is 3.26. The average molecular weight is 350 g/mol. The van der Waals surface area contributed by atoms with Gasteiger partial charge in [-0.3, -0.25) is 0 Å². The Kier molecular flexibility index (Phi) is 4.29. The van der Waals surface area contributed by atoms with Crippen LogP contribution in [-0.4, -0.2) is 31.9 Å². The number of nitrogens with one attached hydrogen (secondary N) is 2. The Morgan fingerprint density at radius 1 is 1.29 bits per heavy atom. The van der Waals surface area contributed by atoms with Gasteiger partial charge in [-0.1, -0.05) is 11.6 Å². The van der Waals surface area contributed by atoms with E-state index in [2.05, 4.69) is 20.7 Å². The van der Waals surface area contributed by atoms with Crippen LogP contribution in [0.3, 0.4) is 0 Å². The van der Waals surface area contributed by atoms with Gasteiger partial charge in [0.25, 0.3) is 0 Å². The van der Waals surface area contributed by atoms with Crippen LogP contribution < -0.4 is 10.6 Å². The van der Waals surface area contributed by atoms with E-state index in [1.54, 1.807) is 42.9 Å². The summed E-state index contributed by atoms with van der Waals surface area (Å²) >= 11 is 6.04. The highest BCUT2D eigenvalue weighted by Crippen LogP contribution is 2.27. The topological polar surface area (TPSA) is 74.5 Å². The van der Waals surface area contributed by atoms with E-state index in [1.807, 2.05) is 0 Å². The number of anilines is 3. The fraction of sp³-hybridized carbons (Fsp3) is 0.250. The molecule has 0 amide bonds. The van der Waals surface area contributed by atoms with Gasteiger partial charge in [0, 0.05) is 25.0 Å². The van der Waals surface area contributed by atoms with Crippen molar-refractivity contribution < 1.29 is 9.50 Å². The second-order valence-electron chi connectivity index (χ2n) is 6.05. The summed E-state index contributed by atoms with van der Waals surface area (Å²) < 4.78 is 14.8. The molecule has 0 spiro atoms. The van der Waals surface area contributed by atoms with E-state index >= 15 is 0 Å². The Morgan fingerprint density at radius 3 is 2.79 bits per heavy atom. The minimum Gasteiger partial charge on any atom is -0.389 e. The Bertz CT molecular complexity index is 875. The first-order valence-electron chi connectivity index (χ1n) is 7.34. The fourth-order valence-corrected chi connectivity index (χ4v) is 2.36. The molecule has 0 bridgehead atoms. The molecule has 6 nitrogen and oxygen atoms in total. The summed E-state index contributed by atoms with van der Waals surface area (Å²) in [5.41, 5.74) is 1.01. The smallest absolute Gasteiger partial charge is 0.177 e. The summed E-state index contributed by atoms with van der Waals surface area (Å²) in [7, 11) is 0. The molecule has 3 N–H and O–H groups in total. The van der Waals surface area contributed by atoms with E-state index in [1.165, 1.54) is 12.1 Å². The summed E-state index contributed by atoms with van der Waals surface area (Å²) in [4.78, 5) is 4.25. The van der Waals surface area contributed by atoms with Gasteiger partial charge in [0.2, 0.25) is 0 Å². The molecule has 0 aliphatic heterocycles. The van der Waals surface area contributed by atoms with Crippen LogP contribution in [0.25, 0.3) is 5.65 Å². The van der Waals surface area contributed by atoms with Crippen LogP contribution in [-0.2, 0) is 0 Å². The first-order chi connectivity index (χ1) is 11.3. The predicted molar refractivity (Wildman–Crippen MR) is 92.5 cm³/mol. The van der Waals surface area contributed by atoms with Crippen molar-refractivity contribution in [2.24, 2.45) is 0 Å². The zero-order valence-electron chi connectivity index (χ0n) is 13.2. The maximum atomic E-state index is 13.2. The van der Waals surface area contributed by atoms with Crippen LogP contribution in [0.15, 0.2) is 36.7 Å². The van der Waals surface area contributed by atoms with Crippen LogP contribution >= 0.6 is 11.6 Å². The van der Waals surface area contributed by atoms with E-state index in [0.29, 0.717) is 29.4 Å². The minimum absolute atomic E-state index is 0.258. The largest absolute Gasteiger partial charge is 0.389 e. The number of nitrogens with zero attached hydrogens (tertiary/aromatic N) is 3. The van der Waals surface area contributed by atoms with E-state index in [4.69, 9.17) is 11.6 Å². The van der Waals surface area contributed by atoms with Gasteiger partial charge in [-0.2, -0.15) is 0 Å². The van der Waals surface area contributed by atoms with Crippen LogP contribution in [0.2, 0.25) is 5.02 Å². The fourth-order valence-electron chi connectivity index (χ4n) is 2.15. The van der Waals surface area contributed by atoms with Gasteiger partial charge in [-0.05, 0) is 32.0 Å². The third-order valence-corrected chi connectivity index (χ3v) is 3.58. The van der Waals surface area contributed by atoms with E-state index < -0.39 is 11.4 Å². The van der Waals surface area contributed by atoms with Gasteiger partial charge in [-0.25, -0.2) is 13.9 Å². The zero-order valence-corrected chi connectivity index (χ0v) is 14.0. The van der Waals surface area contributed by atoms with Crippen molar-refractivity contribution in [3.8, 4) is 0 Å². The van der Waals surface area contributed by atoms with Crippen molar-refractivity contribution in [3.63, 3.8) is 0 Å². The molecule has 0 radical (unpaired) electrons. The van der Waals surface area contributed by atoms with Crippen molar-refractivity contribution in [2.45, 2.75) is 19.4 Å². The SMILES string of the molecule is CC(C)(O)CNc1cc(Nc2ccc(F)cc2Cl)nn2ccnc12. The van der Waals surface area contributed by atoms with Gasteiger partial charge in [-0.15, -0.1) is 5.10 Å². The second kappa shape index (κ2) is 6.26. The van der Waals surface area contributed by atoms with Gasteiger partial charge in [0.15, 0.2) is 11.5 Å². The number of aromatic nitrogens is 3. The minimum atomic E-state index is -0.874. The number of benzene rings is 1. The molecular formula is C16H17ClFN5O. The maximum absolute atomic E-state index is 13.2. The molecule has 0 atom stereocenters. The Morgan fingerprint density at radius 2 is 2.08 bits per heavy atom. The van der Waals surface area contributed by atoms with E-state index in [-0.39, 0.29) is 5.02 Å². The van der Waals surface area contributed by atoms with Crippen molar-refractivity contribution in [2.75, 3.05) is 17.2 Å². The number of fused-ring (bicyclic) bond motifs is 1. The Balaban J connectivity index is 1.93. The lowest BCUT2D eigenvalue weighted by Gasteiger charge is -2.19. The number of halogens is 2. The molecule has 2 heterocycles.